The maximum atomic E-state index is 13.9. The van der Waals surface area contributed by atoms with Gasteiger partial charge in [-0.05, 0) is 37.1 Å². The first kappa shape index (κ1) is 27.4. The Balaban J connectivity index is 2.93. The molecule has 0 aliphatic carbocycles. The minimum atomic E-state index is -0.312. The van der Waals surface area contributed by atoms with Crippen LogP contribution < -0.4 is 5.73 Å². The fraction of sp³-hybridized carbons (Fsp3) is 0.333. The van der Waals surface area contributed by atoms with Crippen LogP contribution in [0.5, 0.6) is 0 Å². The second kappa shape index (κ2) is 13.0. The highest BCUT2D eigenvalue weighted by molar-refractivity contribution is 8.03. The van der Waals surface area contributed by atoms with Crippen molar-refractivity contribution in [3.05, 3.63) is 95.5 Å². The van der Waals surface area contributed by atoms with Crippen LogP contribution >= 0.6 is 11.8 Å². The molecule has 0 bridgehead atoms. The van der Waals surface area contributed by atoms with Crippen LogP contribution in [-0.4, -0.2) is 24.2 Å². The first-order chi connectivity index (χ1) is 15.0. The van der Waals surface area contributed by atoms with E-state index in [0.29, 0.717) is 17.9 Å². The third-order valence-electron chi connectivity index (χ3n) is 5.10. The van der Waals surface area contributed by atoms with Crippen LogP contribution in [0.2, 0.25) is 0 Å². The van der Waals surface area contributed by atoms with Crippen molar-refractivity contribution in [2.75, 3.05) is 12.8 Å². The predicted molar refractivity (Wildman–Crippen MR) is 142 cm³/mol. The standard InChI is InChI=1S/C27H36FN3S/c1-9-23(28)17-26(31-10-2)27(6,7)18-32-20(4)14-15-25(30-8)24-13-11-12-22(21(24)5)16-19(3)29/h9-15H,2-4,16-18,29H2,1,5-8H3/b15-14-,23-9+,30-25?,31-26?. The molecule has 0 atom stereocenters. The third-order valence-corrected chi connectivity index (χ3v) is 6.48. The molecule has 0 amide bonds. The minimum absolute atomic E-state index is 0.190. The van der Waals surface area contributed by atoms with Gasteiger partial charge in [0.2, 0.25) is 0 Å². The number of nitrogens with zero attached hydrogens (tertiary/aromatic N) is 2. The van der Waals surface area contributed by atoms with Crippen molar-refractivity contribution in [3.8, 4) is 0 Å². The number of thioether (sulfide) groups is 1. The van der Waals surface area contributed by atoms with E-state index < -0.39 is 0 Å². The van der Waals surface area contributed by atoms with Crippen molar-refractivity contribution in [3.63, 3.8) is 0 Å². The Morgan fingerprint density at radius 1 is 1.25 bits per heavy atom. The Hall–Kier alpha value is -2.66. The summed E-state index contributed by atoms with van der Waals surface area (Å²) in [4.78, 5) is 9.69. The van der Waals surface area contributed by atoms with Crippen molar-refractivity contribution >= 4 is 23.2 Å². The Kier molecular flexibility index (Phi) is 11.1. The van der Waals surface area contributed by atoms with Gasteiger partial charge in [0.1, 0.15) is 5.83 Å². The third kappa shape index (κ3) is 8.46. The van der Waals surface area contributed by atoms with Crippen molar-refractivity contribution < 1.29 is 4.39 Å². The van der Waals surface area contributed by atoms with Gasteiger partial charge in [0.25, 0.3) is 0 Å². The smallest absolute Gasteiger partial charge is 0.101 e. The van der Waals surface area contributed by atoms with Crippen molar-refractivity contribution in [2.45, 2.75) is 40.5 Å². The number of rotatable bonds is 12. The van der Waals surface area contributed by atoms with E-state index in [1.165, 1.54) is 12.3 Å². The van der Waals surface area contributed by atoms with Crippen LogP contribution in [0.4, 0.5) is 4.39 Å². The Bertz CT molecular complexity index is 965. The van der Waals surface area contributed by atoms with Crippen LogP contribution in [0.15, 0.2) is 88.8 Å². The van der Waals surface area contributed by atoms with E-state index in [2.05, 4.69) is 62.6 Å². The fourth-order valence-corrected chi connectivity index (χ4v) is 3.97. The van der Waals surface area contributed by atoms with Gasteiger partial charge in [-0.2, -0.15) is 0 Å². The lowest BCUT2D eigenvalue weighted by molar-refractivity contribution is 0.566. The van der Waals surface area contributed by atoms with Crippen LogP contribution in [0.1, 0.15) is 43.9 Å². The Labute approximate surface area is 197 Å². The zero-order valence-corrected chi connectivity index (χ0v) is 20.9. The molecule has 0 spiro atoms. The highest BCUT2D eigenvalue weighted by atomic mass is 32.2. The monoisotopic (exact) mass is 453 g/mol. The topological polar surface area (TPSA) is 50.7 Å². The normalized spacial score (nSPS) is 13.5. The number of benzene rings is 1. The summed E-state index contributed by atoms with van der Waals surface area (Å²) in [7, 11) is 1.78. The number of halogens is 1. The molecule has 3 nitrogen and oxygen atoms in total. The molecule has 2 N–H and O–H groups in total. The molecule has 32 heavy (non-hydrogen) atoms. The average Bonchev–Trinajstić information content (AvgIpc) is 2.74. The molecule has 0 saturated carbocycles. The highest BCUT2D eigenvalue weighted by Crippen LogP contribution is 2.31. The number of hydrogen-bond acceptors (Lipinski definition) is 4. The summed E-state index contributed by atoms with van der Waals surface area (Å²) in [6.45, 7) is 19.5. The lowest BCUT2D eigenvalue weighted by Crippen LogP contribution is -2.27. The predicted octanol–water partition coefficient (Wildman–Crippen LogP) is 7.11. The molecule has 1 aromatic rings. The summed E-state index contributed by atoms with van der Waals surface area (Å²) in [6.07, 6.45) is 7.71. The molecule has 0 saturated heterocycles. The van der Waals surface area contributed by atoms with E-state index in [9.17, 15) is 4.39 Å². The summed E-state index contributed by atoms with van der Waals surface area (Å²) in [5, 5.41) is 0. The first-order valence-corrected chi connectivity index (χ1v) is 11.5. The second-order valence-electron chi connectivity index (χ2n) is 8.18. The molecule has 5 heteroatoms. The van der Waals surface area contributed by atoms with Gasteiger partial charge in [0, 0.05) is 59.1 Å². The molecular formula is C27H36FN3S. The summed E-state index contributed by atoms with van der Waals surface area (Å²) < 4.78 is 13.9. The van der Waals surface area contributed by atoms with Crippen molar-refractivity contribution in [2.24, 2.45) is 21.1 Å². The molecule has 0 aliphatic rings. The van der Waals surface area contributed by atoms with E-state index >= 15 is 0 Å². The van der Waals surface area contributed by atoms with Crippen molar-refractivity contribution in [1.29, 1.82) is 0 Å². The number of hydrogen-bond donors (Lipinski definition) is 1. The molecular weight excluding hydrogens is 417 g/mol. The fourth-order valence-electron chi connectivity index (χ4n) is 3.09. The molecule has 0 aromatic heterocycles. The minimum Gasteiger partial charge on any atom is -0.402 e. The summed E-state index contributed by atoms with van der Waals surface area (Å²) in [5.41, 5.74) is 11.1. The van der Waals surface area contributed by atoms with Crippen LogP contribution in [0, 0.1) is 12.3 Å². The first-order valence-electron chi connectivity index (χ1n) is 10.5. The van der Waals surface area contributed by atoms with Gasteiger partial charge >= 0.3 is 0 Å². The van der Waals surface area contributed by atoms with Crippen LogP contribution in [0.25, 0.3) is 0 Å². The molecule has 1 aromatic carbocycles. The van der Waals surface area contributed by atoms with E-state index in [4.69, 9.17) is 5.73 Å². The largest absolute Gasteiger partial charge is 0.402 e. The Morgan fingerprint density at radius 3 is 2.50 bits per heavy atom. The molecule has 0 fully saturated rings. The molecule has 1 rings (SSSR count). The summed E-state index contributed by atoms with van der Waals surface area (Å²) in [6, 6.07) is 6.12. The lowest BCUT2D eigenvalue weighted by atomic mass is 9.87. The van der Waals surface area contributed by atoms with E-state index in [-0.39, 0.29) is 17.7 Å². The summed E-state index contributed by atoms with van der Waals surface area (Å²) >= 11 is 1.61. The van der Waals surface area contributed by atoms with Crippen LogP contribution in [0.3, 0.4) is 0 Å². The van der Waals surface area contributed by atoms with Gasteiger partial charge in [-0.15, -0.1) is 11.8 Å². The number of allylic oxidation sites excluding steroid dienone is 5. The van der Waals surface area contributed by atoms with Crippen molar-refractivity contribution in [1.82, 2.24) is 0 Å². The molecule has 0 heterocycles. The zero-order chi connectivity index (χ0) is 24.3. The zero-order valence-electron chi connectivity index (χ0n) is 20.0. The van der Waals surface area contributed by atoms with Gasteiger partial charge < -0.3 is 5.73 Å². The SMILES string of the molecule is C=CN=C(C/C(F)=C\C)C(C)(C)CSC(=C)/C=C\C(=NC)c1cccc(CC(=C)N)c1C. The Morgan fingerprint density at radius 2 is 1.94 bits per heavy atom. The van der Waals surface area contributed by atoms with E-state index in [1.807, 2.05) is 18.2 Å². The lowest BCUT2D eigenvalue weighted by Gasteiger charge is -2.26. The van der Waals surface area contributed by atoms with Gasteiger partial charge in [-0.3, -0.25) is 9.98 Å². The number of aliphatic imine (C=N–C) groups is 2. The molecule has 0 radical (unpaired) electrons. The maximum absolute atomic E-state index is 13.9. The van der Waals surface area contributed by atoms with Crippen LogP contribution in [-0.2, 0) is 6.42 Å². The second-order valence-corrected chi connectivity index (χ2v) is 9.28. The van der Waals surface area contributed by atoms with Gasteiger partial charge in [0.05, 0.1) is 5.71 Å². The van der Waals surface area contributed by atoms with Gasteiger partial charge in [-0.1, -0.05) is 57.9 Å². The number of nitrogens with two attached hydrogens (primary N) is 1. The molecule has 0 unspecified atom stereocenters. The van der Waals surface area contributed by atoms with E-state index in [1.54, 1.807) is 25.7 Å². The quantitative estimate of drug-likeness (QED) is 0.271. The van der Waals surface area contributed by atoms with E-state index in [0.717, 1.165) is 33.0 Å². The average molecular weight is 454 g/mol. The maximum Gasteiger partial charge on any atom is 0.101 e. The summed E-state index contributed by atoms with van der Waals surface area (Å²) in [5.74, 6) is 0.521. The van der Waals surface area contributed by atoms with Gasteiger partial charge in [-0.25, -0.2) is 4.39 Å². The molecule has 0 aliphatic heterocycles. The highest BCUT2D eigenvalue weighted by Gasteiger charge is 2.26. The van der Waals surface area contributed by atoms with Gasteiger partial charge in [0.15, 0.2) is 0 Å². The molecule has 172 valence electrons.